The summed E-state index contributed by atoms with van der Waals surface area (Å²) in [7, 11) is 3.47. The Morgan fingerprint density at radius 2 is 2.05 bits per heavy atom. The number of hydrogen-bond donors (Lipinski definition) is 2. The summed E-state index contributed by atoms with van der Waals surface area (Å²) in [5.74, 6) is 0.558. The van der Waals surface area contributed by atoms with Gasteiger partial charge in [-0.1, -0.05) is 0 Å². The highest BCUT2D eigenvalue weighted by molar-refractivity contribution is 5.94. The Balaban J connectivity index is 1.82. The van der Waals surface area contributed by atoms with E-state index in [0.717, 1.165) is 5.69 Å². The molecule has 1 aromatic heterocycles. The maximum atomic E-state index is 11.9. The van der Waals surface area contributed by atoms with Crippen LogP contribution in [0, 0.1) is 0 Å². The van der Waals surface area contributed by atoms with E-state index in [0.29, 0.717) is 24.3 Å². The molecule has 1 heterocycles. The van der Waals surface area contributed by atoms with Crippen LogP contribution in [0.3, 0.4) is 0 Å². The normalized spacial score (nSPS) is 12.0. The number of benzene rings is 1. The Kier molecular flexibility index (Phi) is 5.00. The van der Waals surface area contributed by atoms with Crippen molar-refractivity contribution in [3.05, 3.63) is 53.9 Å². The lowest BCUT2D eigenvalue weighted by molar-refractivity contribution is 0.0941. The maximum Gasteiger partial charge on any atom is 0.251 e. The van der Waals surface area contributed by atoms with Gasteiger partial charge in [-0.25, -0.2) is 0 Å². The van der Waals surface area contributed by atoms with Crippen LogP contribution in [0.1, 0.15) is 28.6 Å². The van der Waals surface area contributed by atoms with Crippen LogP contribution in [0.15, 0.2) is 42.6 Å². The zero-order valence-electron chi connectivity index (χ0n) is 12.2. The number of rotatable bonds is 6. The van der Waals surface area contributed by atoms with Crippen molar-refractivity contribution in [2.45, 2.75) is 12.5 Å². The molecule has 5 nitrogen and oxygen atoms in total. The molecule has 5 heteroatoms. The number of nitrogens with one attached hydrogen (secondary N) is 1. The van der Waals surface area contributed by atoms with Gasteiger partial charge in [0, 0.05) is 31.0 Å². The van der Waals surface area contributed by atoms with E-state index in [9.17, 15) is 9.90 Å². The summed E-state index contributed by atoms with van der Waals surface area (Å²) in [6, 6.07) is 10.7. The summed E-state index contributed by atoms with van der Waals surface area (Å²) < 4.78 is 6.92. The number of ether oxygens (including phenoxy) is 1. The van der Waals surface area contributed by atoms with Gasteiger partial charge in [0.1, 0.15) is 5.75 Å². The molecule has 2 aromatic rings. The zero-order chi connectivity index (χ0) is 15.2. The van der Waals surface area contributed by atoms with Crippen molar-refractivity contribution in [3.63, 3.8) is 0 Å². The summed E-state index contributed by atoms with van der Waals surface area (Å²) in [5.41, 5.74) is 1.41. The Bertz CT molecular complexity index is 590. The van der Waals surface area contributed by atoms with E-state index in [2.05, 4.69) is 5.32 Å². The number of hydrogen-bond acceptors (Lipinski definition) is 3. The van der Waals surface area contributed by atoms with E-state index in [4.69, 9.17) is 4.74 Å². The van der Waals surface area contributed by atoms with Gasteiger partial charge in [-0.3, -0.25) is 4.79 Å². The molecular formula is C16H20N2O3. The van der Waals surface area contributed by atoms with Gasteiger partial charge in [-0.15, -0.1) is 0 Å². The van der Waals surface area contributed by atoms with Crippen molar-refractivity contribution in [1.29, 1.82) is 0 Å². The van der Waals surface area contributed by atoms with Crippen LogP contribution < -0.4 is 10.1 Å². The SMILES string of the molecule is COc1ccc(C(=O)NCCC(O)c2cccn2C)cc1. The Morgan fingerprint density at radius 1 is 1.33 bits per heavy atom. The topological polar surface area (TPSA) is 63.5 Å². The molecule has 2 rings (SSSR count). The minimum absolute atomic E-state index is 0.156. The first-order chi connectivity index (χ1) is 10.1. The molecule has 2 N–H and O–H groups in total. The fourth-order valence-corrected chi connectivity index (χ4v) is 2.14. The highest BCUT2D eigenvalue weighted by Gasteiger charge is 2.11. The predicted molar refractivity (Wildman–Crippen MR) is 80.3 cm³/mol. The van der Waals surface area contributed by atoms with Crippen molar-refractivity contribution in [3.8, 4) is 5.75 Å². The lowest BCUT2D eigenvalue weighted by Gasteiger charge is -2.12. The smallest absolute Gasteiger partial charge is 0.251 e. The lowest BCUT2D eigenvalue weighted by atomic mass is 10.1. The number of aryl methyl sites for hydroxylation is 1. The first-order valence-corrected chi connectivity index (χ1v) is 6.83. The van der Waals surface area contributed by atoms with Crippen molar-refractivity contribution in [2.75, 3.05) is 13.7 Å². The average molecular weight is 288 g/mol. The van der Waals surface area contributed by atoms with Crippen LogP contribution in [0.4, 0.5) is 0 Å². The molecule has 1 amide bonds. The van der Waals surface area contributed by atoms with Gasteiger partial charge in [0.25, 0.3) is 5.91 Å². The molecule has 1 aromatic carbocycles. The molecule has 0 aliphatic carbocycles. The van der Waals surface area contributed by atoms with Crippen LogP contribution in [0.5, 0.6) is 5.75 Å². The van der Waals surface area contributed by atoms with E-state index in [-0.39, 0.29) is 5.91 Å². The first kappa shape index (κ1) is 15.1. The second kappa shape index (κ2) is 6.95. The summed E-state index contributed by atoms with van der Waals surface area (Å²) >= 11 is 0. The quantitative estimate of drug-likeness (QED) is 0.853. The number of aliphatic hydroxyl groups excluding tert-OH is 1. The number of amides is 1. The molecule has 21 heavy (non-hydrogen) atoms. The van der Waals surface area contributed by atoms with Crippen molar-refractivity contribution < 1.29 is 14.6 Å². The van der Waals surface area contributed by atoms with Crippen LogP contribution >= 0.6 is 0 Å². The summed E-state index contributed by atoms with van der Waals surface area (Å²) in [5, 5.41) is 12.9. The number of aromatic nitrogens is 1. The zero-order valence-corrected chi connectivity index (χ0v) is 12.2. The van der Waals surface area contributed by atoms with Gasteiger partial charge < -0.3 is 19.7 Å². The standard InChI is InChI=1S/C16H20N2O3/c1-18-11-3-4-14(18)15(19)9-10-17-16(20)12-5-7-13(21-2)8-6-12/h3-8,11,15,19H,9-10H2,1-2H3,(H,17,20). The van der Waals surface area contributed by atoms with Gasteiger partial charge >= 0.3 is 0 Å². The minimum atomic E-state index is -0.582. The van der Waals surface area contributed by atoms with Gasteiger partial charge in [-0.2, -0.15) is 0 Å². The van der Waals surface area contributed by atoms with Gasteiger partial charge in [0.05, 0.1) is 13.2 Å². The Hall–Kier alpha value is -2.27. The fourth-order valence-electron chi connectivity index (χ4n) is 2.14. The van der Waals surface area contributed by atoms with E-state index < -0.39 is 6.10 Å². The molecule has 112 valence electrons. The molecular weight excluding hydrogens is 268 g/mol. The van der Waals surface area contributed by atoms with Crippen LogP contribution in [0.25, 0.3) is 0 Å². The lowest BCUT2D eigenvalue weighted by Crippen LogP contribution is -2.25. The number of carbonyl (C=O) groups excluding carboxylic acids is 1. The van der Waals surface area contributed by atoms with Gasteiger partial charge in [-0.05, 0) is 42.8 Å². The molecule has 0 bridgehead atoms. The number of nitrogens with zero attached hydrogens (tertiary/aromatic N) is 1. The molecule has 0 aliphatic heterocycles. The summed E-state index contributed by atoms with van der Waals surface area (Å²) in [4.78, 5) is 11.9. The molecule has 1 atom stereocenters. The van der Waals surface area contributed by atoms with Crippen molar-refractivity contribution >= 4 is 5.91 Å². The molecule has 0 fully saturated rings. The Labute approximate surface area is 124 Å². The van der Waals surface area contributed by atoms with Crippen LogP contribution in [0.2, 0.25) is 0 Å². The third-order valence-corrected chi connectivity index (χ3v) is 3.38. The first-order valence-electron chi connectivity index (χ1n) is 6.83. The third kappa shape index (κ3) is 3.86. The number of aliphatic hydroxyl groups is 1. The number of carbonyl (C=O) groups is 1. The maximum absolute atomic E-state index is 11.9. The molecule has 0 spiro atoms. The molecule has 0 saturated carbocycles. The third-order valence-electron chi connectivity index (χ3n) is 3.38. The second-order valence-corrected chi connectivity index (χ2v) is 4.83. The fraction of sp³-hybridized carbons (Fsp3) is 0.312. The highest BCUT2D eigenvalue weighted by Crippen LogP contribution is 2.16. The monoisotopic (exact) mass is 288 g/mol. The van der Waals surface area contributed by atoms with E-state index in [1.54, 1.807) is 31.4 Å². The van der Waals surface area contributed by atoms with E-state index in [1.165, 1.54) is 0 Å². The highest BCUT2D eigenvalue weighted by atomic mass is 16.5. The average Bonchev–Trinajstić information content (AvgIpc) is 2.93. The number of methoxy groups -OCH3 is 1. The van der Waals surface area contributed by atoms with Gasteiger partial charge in [0.2, 0.25) is 0 Å². The Morgan fingerprint density at radius 3 is 2.62 bits per heavy atom. The van der Waals surface area contributed by atoms with E-state index in [1.807, 2.05) is 29.9 Å². The summed E-state index contributed by atoms with van der Waals surface area (Å²) in [6.45, 7) is 0.414. The van der Waals surface area contributed by atoms with Crippen LogP contribution in [-0.2, 0) is 7.05 Å². The van der Waals surface area contributed by atoms with Crippen LogP contribution in [-0.4, -0.2) is 29.2 Å². The molecule has 0 aliphatic rings. The van der Waals surface area contributed by atoms with Crippen molar-refractivity contribution in [1.82, 2.24) is 9.88 Å². The second-order valence-electron chi connectivity index (χ2n) is 4.83. The van der Waals surface area contributed by atoms with Crippen molar-refractivity contribution in [2.24, 2.45) is 7.05 Å². The van der Waals surface area contributed by atoms with Gasteiger partial charge in [0.15, 0.2) is 0 Å². The predicted octanol–water partition coefficient (Wildman–Crippen LogP) is 1.89. The minimum Gasteiger partial charge on any atom is -0.497 e. The largest absolute Gasteiger partial charge is 0.497 e. The summed E-state index contributed by atoms with van der Waals surface area (Å²) in [6.07, 6.45) is 1.77. The van der Waals surface area contributed by atoms with E-state index >= 15 is 0 Å². The molecule has 0 saturated heterocycles. The molecule has 0 radical (unpaired) electrons. The molecule has 1 unspecified atom stereocenters.